The van der Waals surface area contributed by atoms with E-state index in [1.165, 1.54) is 12.6 Å². The summed E-state index contributed by atoms with van der Waals surface area (Å²) in [5.41, 5.74) is 2.76. The van der Waals surface area contributed by atoms with Crippen molar-refractivity contribution in [2.75, 3.05) is 13.6 Å². The molecule has 5 nitrogen and oxygen atoms in total. The topological polar surface area (TPSA) is 71.3 Å². The van der Waals surface area contributed by atoms with Gasteiger partial charge in [0, 0.05) is 29.5 Å². The summed E-state index contributed by atoms with van der Waals surface area (Å²) in [6.07, 6.45) is 0. The molecule has 26 heavy (non-hydrogen) atoms. The number of carbonyl (C=O) groups is 2. The number of amides is 2. The number of para-hydroxylation sites is 1. The van der Waals surface area contributed by atoms with E-state index in [9.17, 15) is 9.59 Å². The minimum Gasteiger partial charge on any atom is -0.451 e. The van der Waals surface area contributed by atoms with Gasteiger partial charge in [-0.3, -0.25) is 9.59 Å². The van der Waals surface area contributed by atoms with E-state index in [1.54, 1.807) is 11.8 Å². The van der Waals surface area contributed by atoms with Crippen LogP contribution in [0.1, 0.15) is 21.7 Å². The van der Waals surface area contributed by atoms with Gasteiger partial charge in [0.15, 0.2) is 5.76 Å². The molecular weight excluding hydrogens is 348 g/mol. The highest BCUT2D eigenvalue weighted by atomic mass is 32.2. The Bertz CT molecular complexity index is 906. The van der Waals surface area contributed by atoms with E-state index in [1.807, 2.05) is 42.5 Å². The molecule has 3 rings (SSSR count). The first-order valence-electron chi connectivity index (χ1n) is 8.30. The molecule has 2 N–H and O–H groups in total. The van der Waals surface area contributed by atoms with E-state index in [4.69, 9.17) is 4.42 Å². The largest absolute Gasteiger partial charge is 0.451 e. The van der Waals surface area contributed by atoms with Gasteiger partial charge in [-0.25, -0.2) is 0 Å². The zero-order valence-corrected chi connectivity index (χ0v) is 15.3. The maximum absolute atomic E-state index is 12.5. The van der Waals surface area contributed by atoms with Gasteiger partial charge in [0.2, 0.25) is 5.91 Å². The number of rotatable bonds is 7. The molecule has 0 bridgehead atoms. The number of carbonyl (C=O) groups excluding carboxylic acids is 2. The molecule has 0 aliphatic rings. The Morgan fingerprint density at radius 1 is 1.00 bits per heavy atom. The molecule has 0 saturated heterocycles. The van der Waals surface area contributed by atoms with Crippen LogP contribution in [0.3, 0.4) is 0 Å². The number of furan rings is 1. The highest BCUT2D eigenvalue weighted by molar-refractivity contribution is 7.97. The van der Waals surface area contributed by atoms with Crippen molar-refractivity contribution in [1.82, 2.24) is 10.6 Å². The lowest BCUT2D eigenvalue weighted by Gasteiger charge is -2.05. The lowest BCUT2D eigenvalue weighted by molar-refractivity contribution is -0.119. The van der Waals surface area contributed by atoms with Crippen LogP contribution in [0, 0.1) is 0 Å². The average molecular weight is 368 g/mol. The molecule has 1 heterocycles. The maximum Gasteiger partial charge on any atom is 0.287 e. The van der Waals surface area contributed by atoms with Crippen LogP contribution in [-0.2, 0) is 16.3 Å². The summed E-state index contributed by atoms with van der Waals surface area (Å²) in [4.78, 5) is 23.9. The summed E-state index contributed by atoms with van der Waals surface area (Å²) in [6.45, 7) is -0.0804. The zero-order valence-electron chi connectivity index (χ0n) is 14.5. The highest BCUT2D eigenvalue weighted by Crippen LogP contribution is 2.30. The molecule has 0 saturated carbocycles. The Morgan fingerprint density at radius 2 is 1.73 bits per heavy atom. The Labute approximate surface area is 156 Å². The third-order valence-electron chi connectivity index (χ3n) is 3.95. The minimum atomic E-state index is -0.375. The molecule has 134 valence electrons. The molecule has 0 unspecified atom stereocenters. The van der Waals surface area contributed by atoms with Crippen LogP contribution in [0.2, 0.25) is 0 Å². The second-order valence-electron chi connectivity index (χ2n) is 5.74. The molecule has 1 aromatic heterocycles. The Balaban J connectivity index is 1.78. The van der Waals surface area contributed by atoms with Gasteiger partial charge >= 0.3 is 0 Å². The maximum atomic E-state index is 12.5. The molecule has 2 amide bonds. The van der Waals surface area contributed by atoms with Crippen molar-refractivity contribution >= 4 is 34.5 Å². The van der Waals surface area contributed by atoms with Gasteiger partial charge in [-0.1, -0.05) is 48.5 Å². The van der Waals surface area contributed by atoms with Crippen molar-refractivity contribution in [2.45, 2.75) is 11.5 Å². The summed E-state index contributed by atoms with van der Waals surface area (Å²) in [6, 6.07) is 17.8. The summed E-state index contributed by atoms with van der Waals surface area (Å²) in [5, 5.41) is 6.01. The monoisotopic (exact) mass is 368 g/mol. The zero-order chi connectivity index (χ0) is 18.4. The van der Waals surface area contributed by atoms with Crippen LogP contribution in [0.15, 0.2) is 59.0 Å². The SMILES string of the molecule is CNC(=O)CNC(=O)c1oc2ccccc2c1CSCc1ccccc1. The Hall–Kier alpha value is -2.73. The third kappa shape index (κ3) is 4.26. The van der Waals surface area contributed by atoms with Gasteiger partial charge in [-0.05, 0) is 11.6 Å². The Kier molecular flexibility index (Phi) is 5.96. The van der Waals surface area contributed by atoms with E-state index < -0.39 is 0 Å². The number of hydrogen-bond acceptors (Lipinski definition) is 4. The fourth-order valence-electron chi connectivity index (χ4n) is 2.60. The minimum absolute atomic E-state index is 0.0804. The number of benzene rings is 2. The lowest BCUT2D eigenvalue weighted by Crippen LogP contribution is -2.35. The number of likely N-dealkylation sites (N-methyl/N-ethyl adjacent to an activating group) is 1. The lowest BCUT2D eigenvalue weighted by atomic mass is 10.1. The van der Waals surface area contributed by atoms with Gasteiger partial charge in [0.1, 0.15) is 5.58 Å². The van der Waals surface area contributed by atoms with Crippen molar-refractivity contribution in [3.8, 4) is 0 Å². The Morgan fingerprint density at radius 3 is 2.50 bits per heavy atom. The number of thioether (sulfide) groups is 1. The first-order chi connectivity index (χ1) is 12.7. The van der Waals surface area contributed by atoms with Crippen LogP contribution in [0.4, 0.5) is 0 Å². The van der Waals surface area contributed by atoms with E-state index in [0.717, 1.165) is 16.7 Å². The van der Waals surface area contributed by atoms with Crippen molar-refractivity contribution in [3.63, 3.8) is 0 Å². The highest BCUT2D eigenvalue weighted by Gasteiger charge is 2.20. The smallest absolute Gasteiger partial charge is 0.287 e. The molecular formula is C20H20N2O3S. The second kappa shape index (κ2) is 8.58. The summed E-state index contributed by atoms with van der Waals surface area (Å²) in [5.74, 6) is 1.14. The normalized spacial score (nSPS) is 10.7. The van der Waals surface area contributed by atoms with Gasteiger partial charge in [-0.15, -0.1) is 0 Å². The van der Waals surface area contributed by atoms with Crippen molar-refractivity contribution < 1.29 is 14.0 Å². The molecule has 0 atom stereocenters. The predicted octanol–water partition coefficient (Wildman–Crippen LogP) is 3.34. The van der Waals surface area contributed by atoms with Gasteiger partial charge in [-0.2, -0.15) is 11.8 Å². The van der Waals surface area contributed by atoms with Crippen molar-refractivity contribution in [2.24, 2.45) is 0 Å². The number of nitrogens with one attached hydrogen (secondary N) is 2. The fraction of sp³-hybridized carbons (Fsp3) is 0.200. The first-order valence-corrected chi connectivity index (χ1v) is 9.45. The quantitative estimate of drug-likeness (QED) is 0.671. The van der Waals surface area contributed by atoms with Gasteiger partial charge in [0.25, 0.3) is 5.91 Å². The van der Waals surface area contributed by atoms with Gasteiger partial charge in [0.05, 0.1) is 6.54 Å². The molecule has 0 radical (unpaired) electrons. The molecule has 0 aliphatic carbocycles. The molecule has 0 fully saturated rings. The van der Waals surface area contributed by atoms with E-state index >= 15 is 0 Å². The first kappa shape index (κ1) is 18.1. The third-order valence-corrected chi connectivity index (χ3v) is 4.98. The second-order valence-corrected chi connectivity index (χ2v) is 6.73. The average Bonchev–Trinajstić information content (AvgIpc) is 3.05. The van der Waals surface area contributed by atoms with E-state index in [2.05, 4.69) is 22.8 Å². The van der Waals surface area contributed by atoms with Crippen molar-refractivity contribution in [1.29, 1.82) is 0 Å². The van der Waals surface area contributed by atoms with Crippen LogP contribution in [0.5, 0.6) is 0 Å². The fourth-order valence-corrected chi connectivity index (χ4v) is 3.62. The summed E-state index contributed by atoms with van der Waals surface area (Å²) in [7, 11) is 1.53. The number of fused-ring (bicyclic) bond motifs is 1. The number of hydrogen-bond donors (Lipinski definition) is 2. The molecule has 3 aromatic rings. The van der Waals surface area contributed by atoms with E-state index in [0.29, 0.717) is 11.3 Å². The van der Waals surface area contributed by atoms with Crippen molar-refractivity contribution in [3.05, 3.63) is 71.5 Å². The standard InChI is InChI=1S/C20H20N2O3S/c1-21-18(23)11-22-20(24)19-16(15-9-5-6-10-17(15)25-19)13-26-12-14-7-3-2-4-8-14/h2-10H,11-13H2,1H3,(H,21,23)(H,22,24). The van der Waals surface area contributed by atoms with Crippen LogP contribution in [0.25, 0.3) is 11.0 Å². The molecule has 0 spiro atoms. The predicted molar refractivity (Wildman–Crippen MR) is 104 cm³/mol. The van der Waals surface area contributed by atoms with Gasteiger partial charge < -0.3 is 15.1 Å². The van der Waals surface area contributed by atoms with Crippen LogP contribution < -0.4 is 10.6 Å². The summed E-state index contributed by atoms with van der Waals surface area (Å²) < 4.78 is 5.77. The molecule has 2 aromatic carbocycles. The molecule has 6 heteroatoms. The van der Waals surface area contributed by atoms with Crippen LogP contribution in [-0.4, -0.2) is 25.4 Å². The van der Waals surface area contributed by atoms with E-state index in [-0.39, 0.29) is 24.1 Å². The van der Waals surface area contributed by atoms with Crippen LogP contribution >= 0.6 is 11.8 Å². The molecule has 0 aliphatic heterocycles. The summed E-state index contributed by atoms with van der Waals surface area (Å²) >= 11 is 1.72.